The summed E-state index contributed by atoms with van der Waals surface area (Å²) in [5, 5.41) is 15.3. The van der Waals surface area contributed by atoms with Crippen LogP contribution in [-0.4, -0.2) is 32.4 Å². The molecule has 1 aliphatic rings. The van der Waals surface area contributed by atoms with Gasteiger partial charge in [0.25, 0.3) is 0 Å². The molecule has 6 heteroatoms. The van der Waals surface area contributed by atoms with E-state index in [1.54, 1.807) is 20.2 Å². The molecule has 0 aliphatic heterocycles. The summed E-state index contributed by atoms with van der Waals surface area (Å²) < 4.78 is 10.9. The third-order valence-electron chi connectivity index (χ3n) is 5.34. The van der Waals surface area contributed by atoms with E-state index < -0.39 is 0 Å². The number of alkyl carbamates (subject to hydrolysis) is 1. The number of carbonyl (C=O) groups excluding carboxylic acids is 1. The highest BCUT2D eigenvalue weighted by Gasteiger charge is 2.23. The van der Waals surface area contributed by atoms with Gasteiger partial charge in [0.05, 0.1) is 18.7 Å². The van der Waals surface area contributed by atoms with Gasteiger partial charge in [0.2, 0.25) is 0 Å². The van der Waals surface area contributed by atoms with Crippen molar-refractivity contribution in [2.75, 3.05) is 14.2 Å². The summed E-state index contributed by atoms with van der Waals surface area (Å²) in [5.74, 6) is 0.842. The lowest BCUT2D eigenvalue weighted by molar-refractivity contribution is 0.0701. The lowest BCUT2D eigenvalue weighted by Crippen LogP contribution is -2.36. The Labute approximate surface area is 171 Å². The molecule has 152 valence electrons. The minimum Gasteiger partial charge on any atom is -0.496 e. The van der Waals surface area contributed by atoms with Crippen LogP contribution in [0.5, 0.6) is 5.75 Å². The lowest BCUT2D eigenvalue weighted by Gasteiger charge is -2.29. The lowest BCUT2D eigenvalue weighted by atomic mass is 9.92. The van der Waals surface area contributed by atoms with E-state index in [4.69, 9.17) is 14.7 Å². The molecule has 0 atom stereocenters. The Bertz CT molecular complexity index is 883. The van der Waals surface area contributed by atoms with Gasteiger partial charge < -0.3 is 20.1 Å². The monoisotopic (exact) mass is 393 g/mol. The molecule has 2 N–H and O–H groups in total. The Morgan fingerprint density at radius 1 is 1.14 bits per heavy atom. The summed E-state index contributed by atoms with van der Waals surface area (Å²) in [5.41, 5.74) is 3.80. The van der Waals surface area contributed by atoms with Gasteiger partial charge >= 0.3 is 6.09 Å². The van der Waals surface area contributed by atoms with Gasteiger partial charge in [0, 0.05) is 25.2 Å². The maximum Gasteiger partial charge on any atom is 0.407 e. The molecule has 3 rings (SSSR count). The second-order valence-electron chi connectivity index (χ2n) is 7.23. The van der Waals surface area contributed by atoms with Crippen molar-refractivity contribution in [1.82, 2.24) is 10.6 Å². The number of rotatable bonds is 6. The Morgan fingerprint density at radius 2 is 1.90 bits per heavy atom. The summed E-state index contributed by atoms with van der Waals surface area (Å²) in [7, 11) is 3.25. The molecule has 0 unspecified atom stereocenters. The first kappa shape index (κ1) is 20.7. The van der Waals surface area contributed by atoms with E-state index in [2.05, 4.69) is 22.8 Å². The molecule has 2 aromatic carbocycles. The van der Waals surface area contributed by atoms with Gasteiger partial charge in [0.15, 0.2) is 0 Å². The van der Waals surface area contributed by atoms with Crippen molar-refractivity contribution in [3.05, 3.63) is 53.6 Å². The standard InChI is InChI=1S/C23H27N3O3/c1-25-23(27)29-21-9-7-20(8-10-21)26-15-19-13-18(6-11-22(19)28-2)17-5-3-4-16(12-17)14-24/h3-6,11-13,20-21,26H,7-10,15H2,1-2H3,(H,25,27). The summed E-state index contributed by atoms with van der Waals surface area (Å²) >= 11 is 0. The Balaban J connectivity index is 1.63. The molecule has 0 heterocycles. The minimum atomic E-state index is -0.358. The molecule has 6 nitrogen and oxygen atoms in total. The molecule has 1 fully saturated rings. The predicted molar refractivity (Wildman–Crippen MR) is 112 cm³/mol. The van der Waals surface area contributed by atoms with Crippen LogP contribution in [-0.2, 0) is 11.3 Å². The maximum atomic E-state index is 11.4. The third kappa shape index (κ3) is 5.49. The van der Waals surface area contributed by atoms with E-state index in [1.807, 2.05) is 30.3 Å². The first-order valence-corrected chi connectivity index (χ1v) is 9.92. The second kappa shape index (κ2) is 9.94. The van der Waals surface area contributed by atoms with Crippen molar-refractivity contribution in [1.29, 1.82) is 5.26 Å². The number of nitrogens with one attached hydrogen (secondary N) is 2. The fraction of sp³-hybridized carbons (Fsp3) is 0.391. The van der Waals surface area contributed by atoms with Crippen LogP contribution in [0, 0.1) is 11.3 Å². The number of carbonyl (C=O) groups is 1. The summed E-state index contributed by atoms with van der Waals surface area (Å²) in [6.45, 7) is 0.695. The van der Waals surface area contributed by atoms with Gasteiger partial charge in [0.1, 0.15) is 11.9 Å². The van der Waals surface area contributed by atoms with Gasteiger partial charge in [-0.05, 0) is 61.1 Å². The number of hydrogen-bond donors (Lipinski definition) is 2. The zero-order chi connectivity index (χ0) is 20.6. The molecular weight excluding hydrogens is 366 g/mol. The molecule has 1 saturated carbocycles. The minimum absolute atomic E-state index is 0.00160. The van der Waals surface area contributed by atoms with Crippen LogP contribution in [0.2, 0.25) is 0 Å². The molecule has 0 aromatic heterocycles. The summed E-state index contributed by atoms with van der Waals surface area (Å²) in [4.78, 5) is 11.4. The normalized spacial score (nSPS) is 18.5. The maximum absolute atomic E-state index is 11.4. The van der Waals surface area contributed by atoms with Crippen LogP contribution in [0.25, 0.3) is 11.1 Å². The quantitative estimate of drug-likeness (QED) is 0.775. The highest BCUT2D eigenvalue weighted by atomic mass is 16.6. The average molecular weight is 393 g/mol. The fourth-order valence-electron chi connectivity index (χ4n) is 3.71. The largest absolute Gasteiger partial charge is 0.496 e. The average Bonchev–Trinajstić information content (AvgIpc) is 2.78. The van der Waals surface area contributed by atoms with E-state index in [-0.39, 0.29) is 12.2 Å². The van der Waals surface area contributed by atoms with E-state index >= 15 is 0 Å². The molecular formula is C23H27N3O3. The van der Waals surface area contributed by atoms with E-state index in [1.165, 1.54) is 0 Å². The van der Waals surface area contributed by atoms with Crippen LogP contribution in [0.1, 0.15) is 36.8 Å². The van der Waals surface area contributed by atoms with Gasteiger partial charge in [-0.3, -0.25) is 0 Å². The Morgan fingerprint density at radius 3 is 2.59 bits per heavy atom. The smallest absolute Gasteiger partial charge is 0.407 e. The zero-order valence-electron chi connectivity index (χ0n) is 16.9. The molecule has 0 bridgehead atoms. The molecule has 1 aliphatic carbocycles. The van der Waals surface area contributed by atoms with E-state index in [0.717, 1.165) is 48.1 Å². The van der Waals surface area contributed by atoms with Crippen molar-refractivity contribution in [2.45, 2.75) is 44.4 Å². The third-order valence-corrected chi connectivity index (χ3v) is 5.34. The number of benzene rings is 2. The van der Waals surface area contributed by atoms with Crippen molar-refractivity contribution >= 4 is 6.09 Å². The molecule has 1 amide bonds. The molecule has 0 radical (unpaired) electrons. The number of nitrogens with zero attached hydrogens (tertiary/aromatic N) is 1. The number of hydrogen-bond acceptors (Lipinski definition) is 5. The number of amides is 1. The van der Waals surface area contributed by atoms with Crippen LogP contribution in [0.3, 0.4) is 0 Å². The van der Waals surface area contributed by atoms with Crippen molar-refractivity contribution in [3.8, 4) is 22.9 Å². The van der Waals surface area contributed by atoms with Crippen molar-refractivity contribution in [2.24, 2.45) is 0 Å². The molecule has 0 spiro atoms. The predicted octanol–water partition coefficient (Wildman–Crippen LogP) is 3.99. The zero-order valence-corrected chi connectivity index (χ0v) is 16.9. The highest BCUT2D eigenvalue weighted by Crippen LogP contribution is 2.28. The van der Waals surface area contributed by atoms with Crippen LogP contribution >= 0.6 is 0 Å². The number of ether oxygens (including phenoxy) is 2. The van der Waals surface area contributed by atoms with Gasteiger partial charge in [-0.15, -0.1) is 0 Å². The molecule has 29 heavy (non-hydrogen) atoms. The van der Waals surface area contributed by atoms with Crippen LogP contribution < -0.4 is 15.4 Å². The number of methoxy groups -OCH3 is 1. The van der Waals surface area contributed by atoms with Crippen LogP contribution in [0.15, 0.2) is 42.5 Å². The topological polar surface area (TPSA) is 83.4 Å². The SMILES string of the molecule is CNC(=O)OC1CCC(NCc2cc(-c3cccc(C#N)c3)ccc2OC)CC1. The first-order chi connectivity index (χ1) is 14.1. The molecule has 2 aromatic rings. The second-order valence-corrected chi connectivity index (χ2v) is 7.23. The van der Waals surface area contributed by atoms with Gasteiger partial charge in [-0.25, -0.2) is 4.79 Å². The molecule has 0 saturated heterocycles. The summed E-state index contributed by atoms with van der Waals surface area (Å²) in [6, 6.07) is 16.3. The van der Waals surface area contributed by atoms with Crippen molar-refractivity contribution < 1.29 is 14.3 Å². The van der Waals surface area contributed by atoms with Gasteiger partial charge in [-0.2, -0.15) is 5.26 Å². The first-order valence-electron chi connectivity index (χ1n) is 9.92. The van der Waals surface area contributed by atoms with Gasteiger partial charge in [-0.1, -0.05) is 18.2 Å². The van der Waals surface area contributed by atoms with Crippen LogP contribution in [0.4, 0.5) is 4.79 Å². The van der Waals surface area contributed by atoms with E-state index in [9.17, 15) is 4.79 Å². The fourth-order valence-corrected chi connectivity index (χ4v) is 3.71. The number of nitriles is 1. The van der Waals surface area contributed by atoms with E-state index in [0.29, 0.717) is 18.2 Å². The Hall–Kier alpha value is -3.04. The Kier molecular flexibility index (Phi) is 7.09. The summed E-state index contributed by atoms with van der Waals surface area (Å²) in [6.07, 6.45) is 3.30. The highest BCUT2D eigenvalue weighted by molar-refractivity contribution is 5.67. The van der Waals surface area contributed by atoms with Crippen molar-refractivity contribution in [3.63, 3.8) is 0 Å².